The molecule has 3 heteroatoms. The summed E-state index contributed by atoms with van der Waals surface area (Å²) in [5, 5.41) is 7.23. The van der Waals surface area contributed by atoms with E-state index in [9.17, 15) is 0 Å². The highest BCUT2D eigenvalue weighted by Gasteiger charge is 2.20. The normalized spacial score (nSPS) is 26.5. The third kappa shape index (κ3) is 2.89. The Hall–Kier alpha value is -0.410. The topological polar surface area (TPSA) is 24.9 Å². The third-order valence-corrected chi connectivity index (χ3v) is 5.07. The van der Waals surface area contributed by atoms with Crippen molar-refractivity contribution in [3.05, 3.63) is 16.1 Å². The van der Waals surface area contributed by atoms with Gasteiger partial charge in [-0.25, -0.2) is 4.98 Å². The minimum Gasteiger partial charge on any atom is -0.314 e. The van der Waals surface area contributed by atoms with Crippen molar-refractivity contribution in [2.45, 2.75) is 63.3 Å². The zero-order valence-corrected chi connectivity index (χ0v) is 11.3. The fraction of sp³-hybridized carbons (Fsp3) is 0.786. The summed E-state index contributed by atoms with van der Waals surface area (Å²) >= 11 is 1.88. The van der Waals surface area contributed by atoms with Crippen molar-refractivity contribution in [2.75, 3.05) is 6.54 Å². The molecule has 2 aliphatic rings. The monoisotopic (exact) mass is 250 g/mol. The first-order chi connectivity index (χ1) is 8.42. The number of hydrogen-bond acceptors (Lipinski definition) is 3. The lowest BCUT2D eigenvalue weighted by Gasteiger charge is -2.19. The van der Waals surface area contributed by atoms with E-state index in [0.717, 1.165) is 12.3 Å². The summed E-state index contributed by atoms with van der Waals surface area (Å²) in [5.74, 6) is 0.769. The molecule has 1 aliphatic heterocycles. The summed E-state index contributed by atoms with van der Waals surface area (Å²) < 4.78 is 0. The highest BCUT2D eigenvalue weighted by molar-refractivity contribution is 7.09. The van der Waals surface area contributed by atoms with Crippen molar-refractivity contribution in [1.29, 1.82) is 0 Å². The van der Waals surface area contributed by atoms with Crippen molar-refractivity contribution in [3.63, 3.8) is 0 Å². The van der Waals surface area contributed by atoms with Crippen molar-refractivity contribution in [2.24, 2.45) is 0 Å². The molecule has 1 aromatic rings. The molecule has 2 fully saturated rings. The van der Waals surface area contributed by atoms with Gasteiger partial charge in [0.1, 0.15) is 0 Å². The first-order valence-electron chi connectivity index (χ1n) is 7.09. The van der Waals surface area contributed by atoms with Gasteiger partial charge in [0, 0.05) is 23.8 Å². The SMILES string of the molecule is c1sc(CC2CCCN2)nc1C1CCCCC1. The van der Waals surface area contributed by atoms with Gasteiger partial charge in [0.15, 0.2) is 0 Å². The van der Waals surface area contributed by atoms with Gasteiger partial charge in [0.05, 0.1) is 10.7 Å². The summed E-state index contributed by atoms with van der Waals surface area (Å²) in [4.78, 5) is 4.88. The van der Waals surface area contributed by atoms with Crippen molar-refractivity contribution >= 4 is 11.3 Å². The van der Waals surface area contributed by atoms with Crippen LogP contribution in [0.25, 0.3) is 0 Å². The molecule has 1 saturated carbocycles. The number of nitrogens with one attached hydrogen (secondary N) is 1. The smallest absolute Gasteiger partial charge is 0.0943 e. The molecule has 1 aliphatic carbocycles. The maximum Gasteiger partial charge on any atom is 0.0943 e. The summed E-state index contributed by atoms with van der Waals surface area (Å²) in [5.41, 5.74) is 1.39. The van der Waals surface area contributed by atoms with Crippen LogP contribution in [0.5, 0.6) is 0 Å². The molecule has 3 rings (SSSR count). The Morgan fingerprint density at radius 1 is 1.18 bits per heavy atom. The fourth-order valence-corrected chi connectivity index (χ4v) is 4.10. The van der Waals surface area contributed by atoms with Crippen LogP contribution in [0.15, 0.2) is 5.38 Å². The van der Waals surface area contributed by atoms with Crippen LogP contribution in [-0.2, 0) is 6.42 Å². The zero-order valence-electron chi connectivity index (χ0n) is 10.5. The van der Waals surface area contributed by atoms with Gasteiger partial charge in [-0.1, -0.05) is 19.3 Å². The van der Waals surface area contributed by atoms with Crippen LogP contribution in [0.4, 0.5) is 0 Å². The molecule has 2 nitrogen and oxygen atoms in total. The van der Waals surface area contributed by atoms with Gasteiger partial charge < -0.3 is 5.32 Å². The van der Waals surface area contributed by atoms with Crippen LogP contribution in [0.1, 0.15) is 61.6 Å². The van der Waals surface area contributed by atoms with Crippen molar-refractivity contribution in [1.82, 2.24) is 10.3 Å². The molecule has 0 spiro atoms. The van der Waals surface area contributed by atoms with Gasteiger partial charge in [-0.05, 0) is 32.2 Å². The van der Waals surface area contributed by atoms with E-state index in [-0.39, 0.29) is 0 Å². The maximum absolute atomic E-state index is 4.88. The average Bonchev–Trinajstić information content (AvgIpc) is 3.02. The Morgan fingerprint density at radius 3 is 2.82 bits per heavy atom. The van der Waals surface area contributed by atoms with E-state index >= 15 is 0 Å². The maximum atomic E-state index is 4.88. The number of rotatable bonds is 3. The van der Waals surface area contributed by atoms with E-state index in [2.05, 4.69) is 10.7 Å². The molecule has 0 bridgehead atoms. The molecule has 1 N–H and O–H groups in total. The van der Waals surface area contributed by atoms with E-state index in [1.807, 2.05) is 11.3 Å². The lowest BCUT2D eigenvalue weighted by molar-refractivity contribution is 0.437. The Labute approximate surface area is 108 Å². The summed E-state index contributed by atoms with van der Waals surface area (Å²) in [7, 11) is 0. The highest BCUT2D eigenvalue weighted by atomic mass is 32.1. The second-order valence-electron chi connectivity index (χ2n) is 5.50. The van der Waals surface area contributed by atoms with E-state index in [1.54, 1.807) is 0 Å². The largest absolute Gasteiger partial charge is 0.314 e. The minimum atomic E-state index is 0.695. The van der Waals surface area contributed by atoms with Crippen LogP contribution in [0.3, 0.4) is 0 Å². The number of thiazole rings is 1. The standard InChI is InChI=1S/C14H22N2S/c1-2-5-11(6-3-1)13-10-17-14(16-13)9-12-7-4-8-15-12/h10-12,15H,1-9H2. The van der Waals surface area contributed by atoms with Crippen LogP contribution >= 0.6 is 11.3 Å². The lowest BCUT2D eigenvalue weighted by atomic mass is 9.87. The molecule has 17 heavy (non-hydrogen) atoms. The molecule has 1 atom stereocenters. The predicted octanol–water partition coefficient (Wildman–Crippen LogP) is 3.49. The Morgan fingerprint density at radius 2 is 2.06 bits per heavy atom. The zero-order chi connectivity index (χ0) is 11.5. The average molecular weight is 250 g/mol. The van der Waals surface area contributed by atoms with Gasteiger partial charge in [0.2, 0.25) is 0 Å². The van der Waals surface area contributed by atoms with E-state index in [4.69, 9.17) is 4.98 Å². The van der Waals surface area contributed by atoms with E-state index in [1.165, 1.54) is 62.2 Å². The molecule has 1 unspecified atom stereocenters. The second kappa shape index (κ2) is 5.49. The first-order valence-corrected chi connectivity index (χ1v) is 7.97. The van der Waals surface area contributed by atoms with Gasteiger partial charge in [0.25, 0.3) is 0 Å². The van der Waals surface area contributed by atoms with Crippen LogP contribution in [0.2, 0.25) is 0 Å². The Balaban J connectivity index is 1.60. The highest BCUT2D eigenvalue weighted by Crippen LogP contribution is 2.33. The van der Waals surface area contributed by atoms with Gasteiger partial charge in [-0.3, -0.25) is 0 Å². The minimum absolute atomic E-state index is 0.695. The van der Waals surface area contributed by atoms with E-state index < -0.39 is 0 Å². The molecular formula is C14H22N2S. The molecular weight excluding hydrogens is 228 g/mol. The summed E-state index contributed by atoms with van der Waals surface area (Å²) in [6.07, 6.45) is 10.8. The summed E-state index contributed by atoms with van der Waals surface area (Å²) in [6, 6.07) is 0.695. The third-order valence-electron chi connectivity index (χ3n) is 4.18. The van der Waals surface area contributed by atoms with Crippen molar-refractivity contribution < 1.29 is 0 Å². The van der Waals surface area contributed by atoms with Gasteiger partial charge >= 0.3 is 0 Å². The Bertz CT molecular complexity index is 349. The number of hydrogen-bond donors (Lipinski definition) is 1. The molecule has 0 aromatic carbocycles. The van der Waals surface area contributed by atoms with E-state index in [0.29, 0.717) is 6.04 Å². The molecule has 0 amide bonds. The van der Waals surface area contributed by atoms with Gasteiger partial charge in [-0.2, -0.15) is 0 Å². The fourth-order valence-electron chi connectivity index (χ4n) is 3.15. The molecule has 1 saturated heterocycles. The van der Waals surface area contributed by atoms with Crippen molar-refractivity contribution in [3.8, 4) is 0 Å². The molecule has 94 valence electrons. The van der Waals surface area contributed by atoms with Crippen LogP contribution in [-0.4, -0.2) is 17.6 Å². The summed E-state index contributed by atoms with van der Waals surface area (Å²) in [6.45, 7) is 1.20. The van der Waals surface area contributed by atoms with Gasteiger partial charge in [-0.15, -0.1) is 11.3 Å². The number of aromatic nitrogens is 1. The first kappa shape index (κ1) is 11.7. The second-order valence-corrected chi connectivity index (χ2v) is 6.44. The van der Waals surface area contributed by atoms with Crippen LogP contribution in [0, 0.1) is 0 Å². The quantitative estimate of drug-likeness (QED) is 0.888. The number of nitrogens with zero attached hydrogens (tertiary/aromatic N) is 1. The Kier molecular flexibility index (Phi) is 3.77. The lowest BCUT2D eigenvalue weighted by Crippen LogP contribution is -2.23. The molecule has 0 radical (unpaired) electrons. The van der Waals surface area contributed by atoms with Crippen LogP contribution < -0.4 is 5.32 Å². The predicted molar refractivity (Wildman–Crippen MR) is 72.7 cm³/mol. The molecule has 2 heterocycles. The molecule has 1 aromatic heterocycles.